The van der Waals surface area contributed by atoms with Crippen LogP contribution in [0.5, 0.6) is 0 Å². The molecule has 2 unspecified atom stereocenters. The summed E-state index contributed by atoms with van der Waals surface area (Å²) >= 11 is 0. The monoisotopic (exact) mass is 221 g/mol. The lowest BCUT2D eigenvalue weighted by Crippen LogP contribution is -2.33. The second-order valence-corrected chi connectivity index (χ2v) is 4.47. The Bertz CT molecular complexity index is 311. The van der Waals surface area contributed by atoms with E-state index in [1.54, 1.807) is 0 Å². The lowest BCUT2D eigenvalue weighted by atomic mass is 10.0. The maximum Gasteiger partial charge on any atom is 0.0895 e. The quantitative estimate of drug-likeness (QED) is 0.674. The third-order valence-electron chi connectivity index (χ3n) is 3.04. The number of hydrogen-bond acceptors (Lipinski definition) is 3. The average Bonchev–Trinajstić information content (AvgIpc) is 3.15. The van der Waals surface area contributed by atoms with Gasteiger partial charge in [0, 0.05) is 12.6 Å². The molecule has 0 amide bonds. The second kappa shape index (κ2) is 5.43. The molecule has 1 fully saturated rings. The molecule has 0 heterocycles. The van der Waals surface area contributed by atoms with Gasteiger partial charge >= 0.3 is 0 Å². The highest BCUT2D eigenvalue weighted by Crippen LogP contribution is 2.40. The predicted molar refractivity (Wildman–Crippen MR) is 63.0 cm³/mol. The van der Waals surface area contributed by atoms with Crippen molar-refractivity contribution in [2.24, 2.45) is 5.92 Å². The molecule has 0 bridgehead atoms. The molecule has 0 radical (unpaired) electrons. The van der Waals surface area contributed by atoms with Gasteiger partial charge in [-0.05, 0) is 24.3 Å². The molecule has 2 rings (SSSR count). The van der Waals surface area contributed by atoms with Gasteiger partial charge in [0.15, 0.2) is 0 Å². The molecule has 1 aliphatic carbocycles. The van der Waals surface area contributed by atoms with E-state index in [2.05, 4.69) is 17.4 Å². The molecule has 3 N–H and O–H groups in total. The van der Waals surface area contributed by atoms with Gasteiger partial charge in [0.1, 0.15) is 0 Å². The molecule has 0 spiro atoms. The Morgan fingerprint density at radius 1 is 1.25 bits per heavy atom. The van der Waals surface area contributed by atoms with Gasteiger partial charge in [-0.2, -0.15) is 0 Å². The molecule has 3 heteroatoms. The highest BCUT2D eigenvalue weighted by Gasteiger charge is 2.32. The van der Waals surface area contributed by atoms with Gasteiger partial charge in [-0.15, -0.1) is 0 Å². The first-order chi connectivity index (χ1) is 7.81. The summed E-state index contributed by atoms with van der Waals surface area (Å²) in [6.45, 7) is 0.270. The van der Waals surface area contributed by atoms with Crippen LogP contribution < -0.4 is 5.32 Å². The molecule has 1 aromatic rings. The largest absolute Gasteiger partial charge is 0.394 e. The van der Waals surface area contributed by atoms with Gasteiger partial charge in [-0.1, -0.05) is 30.3 Å². The van der Waals surface area contributed by atoms with Crippen molar-refractivity contribution in [1.82, 2.24) is 5.32 Å². The van der Waals surface area contributed by atoms with Crippen LogP contribution in [-0.4, -0.2) is 29.5 Å². The summed E-state index contributed by atoms with van der Waals surface area (Å²) in [5.74, 6) is 0.688. The summed E-state index contributed by atoms with van der Waals surface area (Å²) in [5.41, 5.74) is 1.27. The third kappa shape index (κ3) is 3.04. The lowest BCUT2D eigenvalue weighted by Gasteiger charge is -2.20. The second-order valence-electron chi connectivity index (χ2n) is 4.47. The summed E-state index contributed by atoms with van der Waals surface area (Å²) in [6.07, 6.45) is 1.84. The Labute approximate surface area is 96.1 Å². The van der Waals surface area contributed by atoms with Crippen LogP contribution in [0.15, 0.2) is 30.3 Å². The van der Waals surface area contributed by atoms with Gasteiger partial charge in [0.25, 0.3) is 0 Å². The average molecular weight is 221 g/mol. The van der Waals surface area contributed by atoms with Crippen molar-refractivity contribution in [2.45, 2.75) is 25.0 Å². The minimum atomic E-state index is -0.662. The van der Waals surface area contributed by atoms with Gasteiger partial charge < -0.3 is 15.5 Å². The molecule has 0 aromatic heterocycles. The van der Waals surface area contributed by atoms with Crippen LogP contribution in [0.1, 0.15) is 24.4 Å². The van der Waals surface area contributed by atoms with E-state index in [0.29, 0.717) is 18.5 Å². The molecule has 0 saturated heterocycles. The number of aliphatic hydroxyl groups is 2. The zero-order valence-electron chi connectivity index (χ0n) is 9.34. The van der Waals surface area contributed by atoms with Crippen molar-refractivity contribution >= 4 is 0 Å². The summed E-state index contributed by atoms with van der Waals surface area (Å²) in [5, 5.41) is 21.5. The van der Waals surface area contributed by atoms with E-state index in [0.717, 1.165) is 0 Å². The topological polar surface area (TPSA) is 52.5 Å². The minimum Gasteiger partial charge on any atom is -0.394 e. The van der Waals surface area contributed by atoms with Gasteiger partial charge in [0.05, 0.1) is 12.7 Å². The summed E-state index contributed by atoms with van der Waals surface area (Å²) in [7, 11) is 0. The number of hydrogen-bond donors (Lipinski definition) is 3. The Morgan fingerprint density at radius 2 is 1.94 bits per heavy atom. The predicted octanol–water partition coefficient (Wildman–Crippen LogP) is 1.08. The van der Waals surface area contributed by atoms with Crippen LogP contribution in [0.25, 0.3) is 0 Å². The van der Waals surface area contributed by atoms with Crippen molar-refractivity contribution in [2.75, 3.05) is 13.2 Å². The highest BCUT2D eigenvalue weighted by atomic mass is 16.3. The van der Waals surface area contributed by atoms with Crippen LogP contribution in [0.3, 0.4) is 0 Å². The van der Waals surface area contributed by atoms with Gasteiger partial charge in [-0.25, -0.2) is 0 Å². The van der Waals surface area contributed by atoms with Gasteiger partial charge in [-0.3, -0.25) is 0 Å². The van der Waals surface area contributed by atoms with E-state index < -0.39 is 6.10 Å². The van der Waals surface area contributed by atoms with Gasteiger partial charge in [0.2, 0.25) is 0 Å². The van der Waals surface area contributed by atoms with Crippen molar-refractivity contribution in [3.05, 3.63) is 35.9 Å². The highest BCUT2D eigenvalue weighted by molar-refractivity contribution is 5.21. The van der Waals surface area contributed by atoms with Crippen LogP contribution in [0.4, 0.5) is 0 Å². The first-order valence-electron chi connectivity index (χ1n) is 5.88. The van der Waals surface area contributed by atoms with Crippen LogP contribution in [0, 0.1) is 5.92 Å². The number of nitrogens with one attached hydrogen (secondary N) is 1. The van der Waals surface area contributed by atoms with Crippen LogP contribution in [0.2, 0.25) is 0 Å². The smallest absolute Gasteiger partial charge is 0.0895 e. The van der Waals surface area contributed by atoms with Crippen molar-refractivity contribution in [3.63, 3.8) is 0 Å². The van der Waals surface area contributed by atoms with Crippen molar-refractivity contribution in [1.29, 1.82) is 0 Å². The zero-order chi connectivity index (χ0) is 11.4. The first kappa shape index (κ1) is 11.6. The van der Waals surface area contributed by atoms with Crippen LogP contribution >= 0.6 is 0 Å². The Kier molecular flexibility index (Phi) is 3.93. The molecule has 1 aromatic carbocycles. The van der Waals surface area contributed by atoms with E-state index in [9.17, 15) is 5.11 Å². The Morgan fingerprint density at radius 3 is 2.50 bits per heavy atom. The first-order valence-corrected chi connectivity index (χ1v) is 5.88. The molecule has 3 nitrogen and oxygen atoms in total. The molecule has 1 aliphatic rings. The SMILES string of the molecule is OCC(O)CNC(c1ccccc1)C1CC1. The molecule has 16 heavy (non-hydrogen) atoms. The van der Waals surface area contributed by atoms with E-state index in [1.807, 2.05) is 18.2 Å². The fourth-order valence-electron chi connectivity index (χ4n) is 1.97. The fourth-order valence-corrected chi connectivity index (χ4v) is 1.97. The Balaban J connectivity index is 1.95. The summed E-state index contributed by atoms with van der Waals surface area (Å²) in [6, 6.07) is 10.6. The van der Waals surface area contributed by atoms with Crippen molar-refractivity contribution < 1.29 is 10.2 Å². The summed E-state index contributed by atoms with van der Waals surface area (Å²) in [4.78, 5) is 0. The number of benzene rings is 1. The van der Waals surface area contributed by atoms with E-state index in [-0.39, 0.29) is 6.61 Å². The maximum absolute atomic E-state index is 9.34. The molecule has 2 atom stereocenters. The summed E-state index contributed by atoms with van der Waals surface area (Å²) < 4.78 is 0. The third-order valence-corrected chi connectivity index (χ3v) is 3.04. The van der Waals surface area contributed by atoms with Crippen molar-refractivity contribution in [3.8, 4) is 0 Å². The molecule has 1 saturated carbocycles. The maximum atomic E-state index is 9.34. The minimum absolute atomic E-state index is 0.181. The van der Waals surface area contributed by atoms with Crippen LogP contribution in [-0.2, 0) is 0 Å². The lowest BCUT2D eigenvalue weighted by molar-refractivity contribution is 0.0911. The van der Waals surface area contributed by atoms with E-state index >= 15 is 0 Å². The molecular weight excluding hydrogens is 202 g/mol. The fraction of sp³-hybridized carbons (Fsp3) is 0.538. The normalized spacial score (nSPS) is 19.4. The molecule has 88 valence electrons. The zero-order valence-corrected chi connectivity index (χ0v) is 9.34. The standard InChI is InChI=1S/C13H19NO2/c15-9-12(16)8-14-13(11-6-7-11)10-4-2-1-3-5-10/h1-5,11-16H,6-9H2. The van der Waals surface area contributed by atoms with E-state index in [1.165, 1.54) is 18.4 Å². The number of aliphatic hydroxyl groups excluding tert-OH is 2. The van der Waals surface area contributed by atoms with E-state index in [4.69, 9.17) is 5.11 Å². The molecular formula is C13H19NO2. The molecule has 0 aliphatic heterocycles. The number of rotatable bonds is 6. The Hall–Kier alpha value is -0.900.